The number of benzene rings is 9. The quantitative estimate of drug-likeness (QED) is 0.161. The van der Waals surface area contributed by atoms with Gasteiger partial charge in [-0.3, -0.25) is 0 Å². The fourth-order valence-corrected chi connectivity index (χ4v) is 9.16. The zero-order chi connectivity index (χ0) is 41.0. The summed E-state index contributed by atoms with van der Waals surface area (Å²) in [5.41, 5.74) is 16.6. The van der Waals surface area contributed by atoms with Crippen molar-refractivity contribution in [3.63, 3.8) is 0 Å². The van der Waals surface area contributed by atoms with Crippen LogP contribution in [-0.4, -0.2) is 19.1 Å². The maximum absolute atomic E-state index is 5.09. The molecule has 0 radical (unpaired) electrons. The summed E-state index contributed by atoms with van der Waals surface area (Å²) in [6.45, 7) is 0. The van der Waals surface area contributed by atoms with Gasteiger partial charge in [0.2, 0.25) is 0 Å². The van der Waals surface area contributed by atoms with Crippen LogP contribution < -0.4 is 0 Å². The topological polar surface area (TPSA) is 35.6 Å². The lowest BCUT2D eigenvalue weighted by Gasteiger charge is -2.12. The van der Waals surface area contributed by atoms with Gasteiger partial charge in [0.05, 0.1) is 33.5 Å². The first-order valence-electron chi connectivity index (χ1n) is 21.1. The van der Waals surface area contributed by atoms with E-state index in [0.717, 1.165) is 45.0 Å². The summed E-state index contributed by atoms with van der Waals surface area (Å²) in [6.07, 6.45) is 0. The van der Waals surface area contributed by atoms with Crippen molar-refractivity contribution in [3.05, 3.63) is 231 Å². The van der Waals surface area contributed by atoms with Crippen LogP contribution in [0.15, 0.2) is 231 Å². The summed E-state index contributed by atoms with van der Waals surface area (Å²) in [5.74, 6) is 0.709. The van der Waals surface area contributed by atoms with Crippen molar-refractivity contribution in [1.29, 1.82) is 0 Å². The van der Waals surface area contributed by atoms with E-state index in [9.17, 15) is 0 Å². The number of rotatable bonds is 7. The molecule has 12 rings (SSSR count). The molecule has 0 unspecified atom stereocenters. The second-order valence-corrected chi connectivity index (χ2v) is 15.8. The highest BCUT2D eigenvalue weighted by atomic mass is 15.0. The Bertz CT molecular complexity index is 3550. The van der Waals surface area contributed by atoms with Crippen LogP contribution in [-0.2, 0) is 0 Å². The van der Waals surface area contributed by atoms with Gasteiger partial charge >= 0.3 is 0 Å². The Morgan fingerprint density at radius 2 is 0.710 bits per heavy atom. The van der Waals surface area contributed by atoms with E-state index in [4.69, 9.17) is 9.97 Å². The molecule has 12 aromatic rings. The van der Waals surface area contributed by atoms with Crippen molar-refractivity contribution in [2.75, 3.05) is 0 Å². The van der Waals surface area contributed by atoms with Crippen LogP contribution in [0.3, 0.4) is 0 Å². The van der Waals surface area contributed by atoms with E-state index in [-0.39, 0.29) is 0 Å². The Hall–Kier alpha value is -8.34. The Morgan fingerprint density at radius 3 is 1.40 bits per heavy atom. The fraction of sp³-hybridized carbons (Fsp3) is 0. The van der Waals surface area contributed by atoms with Gasteiger partial charge in [-0.25, -0.2) is 9.97 Å². The van der Waals surface area contributed by atoms with Crippen LogP contribution in [0.1, 0.15) is 0 Å². The Balaban J connectivity index is 0.963. The lowest BCUT2D eigenvalue weighted by atomic mass is 10.0. The first-order chi connectivity index (χ1) is 30.7. The largest absolute Gasteiger partial charge is 0.309 e. The predicted molar refractivity (Wildman–Crippen MR) is 258 cm³/mol. The van der Waals surface area contributed by atoms with Crippen molar-refractivity contribution >= 4 is 43.6 Å². The van der Waals surface area contributed by atoms with Crippen LogP contribution in [0.25, 0.3) is 111 Å². The highest BCUT2D eigenvalue weighted by Gasteiger charge is 2.17. The molecule has 0 saturated carbocycles. The SMILES string of the molecule is c1ccc(-c2cccc(-n3c4ccccc4c4cc(-c5ccc6c7ccccc7n(-c7ccc(-c8cc(-c9ccccc9)nc(-c9ccccc9)n8)cc7)c6c5)ccc43)c2)cc1. The van der Waals surface area contributed by atoms with Crippen LogP contribution in [0, 0.1) is 0 Å². The summed E-state index contributed by atoms with van der Waals surface area (Å²) in [4.78, 5) is 10.1. The third kappa shape index (κ3) is 6.08. The van der Waals surface area contributed by atoms with Gasteiger partial charge in [0.15, 0.2) is 5.82 Å². The number of hydrogen-bond donors (Lipinski definition) is 0. The average molecular weight is 791 g/mol. The Labute approximate surface area is 359 Å². The van der Waals surface area contributed by atoms with Crippen LogP contribution in [0.2, 0.25) is 0 Å². The molecular weight excluding hydrogens is 753 g/mol. The number of hydrogen-bond acceptors (Lipinski definition) is 2. The molecule has 0 N–H and O–H groups in total. The van der Waals surface area contributed by atoms with Gasteiger partial charge in [-0.15, -0.1) is 0 Å². The minimum Gasteiger partial charge on any atom is -0.309 e. The fourth-order valence-electron chi connectivity index (χ4n) is 9.16. The van der Waals surface area contributed by atoms with E-state index in [0.29, 0.717) is 5.82 Å². The third-order valence-electron chi connectivity index (χ3n) is 12.1. The van der Waals surface area contributed by atoms with Gasteiger partial charge in [0, 0.05) is 49.6 Å². The van der Waals surface area contributed by atoms with Crippen molar-refractivity contribution in [3.8, 4) is 67.5 Å². The standard InChI is InChI=1S/C58H38N4/c1-4-15-39(16-5-1)43-21-14-22-47(35-43)62-55-26-13-11-24-49(55)51-36-44(30-34-56(51)62)45-29-33-50-48-23-10-12-25-54(48)61(57(50)37-45)46-31-27-41(28-32-46)53-38-52(40-17-6-2-7-18-40)59-58(60-53)42-19-8-3-9-20-42/h1-38H. The second-order valence-electron chi connectivity index (χ2n) is 15.8. The number of fused-ring (bicyclic) bond motifs is 6. The maximum Gasteiger partial charge on any atom is 0.160 e. The monoisotopic (exact) mass is 790 g/mol. The Kier molecular flexibility index (Phi) is 8.46. The first kappa shape index (κ1) is 35.6. The van der Waals surface area contributed by atoms with E-state index < -0.39 is 0 Å². The van der Waals surface area contributed by atoms with Crippen molar-refractivity contribution in [2.45, 2.75) is 0 Å². The average Bonchev–Trinajstić information content (AvgIpc) is 3.87. The van der Waals surface area contributed by atoms with Crippen molar-refractivity contribution in [2.24, 2.45) is 0 Å². The Morgan fingerprint density at radius 1 is 0.242 bits per heavy atom. The molecule has 0 aliphatic heterocycles. The zero-order valence-corrected chi connectivity index (χ0v) is 33.7. The van der Waals surface area contributed by atoms with Crippen molar-refractivity contribution in [1.82, 2.24) is 19.1 Å². The van der Waals surface area contributed by atoms with Crippen LogP contribution >= 0.6 is 0 Å². The number of para-hydroxylation sites is 2. The minimum atomic E-state index is 0.709. The maximum atomic E-state index is 5.09. The molecule has 3 heterocycles. The van der Waals surface area contributed by atoms with E-state index >= 15 is 0 Å². The van der Waals surface area contributed by atoms with Crippen molar-refractivity contribution < 1.29 is 0 Å². The van der Waals surface area contributed by atoms with Crippen LogP contribution in [0.5, 0.6) is 0 Å². The molecular formula is C58H38N4. The van der Waals surface area contributed by atoms with Crippen LogP contribution in [0.4, 0.5) is 0 Å². The highest BCUT2D eigenvalue weighted by Crippen LogP contribution is 2.39. The summed E-state index contributed by atoms with van der Waals surface area (Å²) in [6, 6.07) is 82.2. The molecule has 0 aliphatic rings. The molecule has 0 bridgehead atoms. The second kappa shape index (κ2) is 14.7. The zero-order valence-electron chi connectivity index (χ0n) is 33.7. The highest BCUT2D eigenvalue weighted by molar-refractivity contribution is 6.12. The molecule has 4 nitrogen and oxygen atoms in total. The summed E-state index contributed by atoms with van der Waals surface area (Å²) in [5, 5.41) is 4.92. The van der Waals surface area contributed by atoms with E-state index in [2.05, 4.69) is 215 Å². The summed E-state index contributed by atoms with van der Waals surface area (Å²) >= 11 is 0. The molecule has 9 aromatic carbocycles. The van der Waals surface area contributed by atoms with Gasteiger partial charge in [0.1, 0.15) is 0 Å². The van der Waals surface area contributed by atoms with E-state index in [1.807, 2.05) is 24.3 Å². The molecule has 0 fully saturated rings. The number of nitrogens with zero attached hydrogens (tertiary/aromatic N) is 4. The summed E-state index contributed by atoms with van der Waals surface area (Å²) < 4.78 is 4.80. The van der Waals surface area contributed by atoms with Gasteiger partial charge in [-0.1, -0.05) is 170 Å². The molecule has 0 spiro atoms. The van der Waals surface area contributed by atoms with Gasteiger partial charge < -0.3 is 9.13 Å². The van der Waals surface area contributed by atoms with Gasteiger partial charge in [-0.05, 0) is 82.9 Å². The molecule has 0 amide bonds. The number of aromatic nitrogens is 4. The first-order valence-corrected chi connectivity index (χ1v) is 21.1. The molecule has 4 heteroatoms. The van der Waals surface area contributed by atoms with E-state index in [1.165, 1.54) is 60.3 Å². The molecule has 62 heavy (non-hydrogen) atoms. The lowest BCUT2D eigenvalue weighted by molar-refractivity contribution is 1.17. The minimum absolute atomic E-state index is 0.709. The lowest BCUT2D eigenvalue weighted by Crippen LogP contribution is -1.97. The van der Waals surface area contributed by atoms with Gasteiger partial charge in [-0.2, -0.15) is 0 Å². The molecule has 290 valence electrons. The molecule has 0 saturated heterocycles. The molecule has 3 aromatic heterocycles. The molecule has 0 atom stereocenters. The van der Waals surface area contributed by atoms with Gasteiger partial charge in [0.25, 0.3) is 0 Å². The van der Waals surface area contributed by atoms with E-state index in [1.54, 1.807) is 0 Å². The third-order valence-corrected chi connectivity index (χ3v) is 12.1. The normalized spacial score (nSPS) is 11.5. The molecule has 0 aliphatic carbocycles. The predicted octanol–water partition coefficient (Wildman–Crippen LogP) is 15.0. The summed E-state index contributed by atoms with van der Waals surface area (Å²) in [7, 11) is 0. The smallest absolute Gasteiger partial charge is 0.160 e.